The first kappa shape index (κ1) is 18.3. The maximum atomic E-state index is 6.15. The zero-order valence-corrected chi connectivity index (χ0v) is 17.5. The molecule has 1 aliphatic carbocycles. The Morgan fingerprint density at radius 1 is 1.38 bits per heavy atom. The van der Waals surface area contributed by atoms with Crippen molar-refractivity contribution in [2.45, 2.75) is 45.1 Å². The van der Waals surface area contributed by atoms with Gasteiger partial charge in [-0.05, 0) is 31.2 Å². The summed E-state index contributed by atoms with van der Waals surface area (Å²) < 4.78 is 7.25. The van der Waals surface area contributed by atoms with Crippen molar-refractivity contribution in [3.05, 3.63) is 34.7 Å². The van der Waals surface area contributed by atoms with Gasteiger partial charge in [0.25, 0.3) is 0 Å². The van der Waals surface area contributed by atoms with Crippen molar-refractivity contribution in [2.75, 3.05) is 7.11 Å². The topological polar surface area (TPSA) is 107 Å². The number of pyridine rings is 1. The van der Waals surface area contributed by atoms with E-state index in [0.717, 1.165) is 46.8 Å². The van der Waals surface area contributed by atoms with Crippen molar-refractivity contribution in [2.24, 2.45) is 5.73 Å². The molecule has 1 unspecified atom stereocenters. The molecule has 3 N–H and O–H groups in total. The van der Waals surface area contributed by atoms with Crippen molar-refractivity contribution >= 4 is 17.0 Å². The van der Waals surface area contributed by atoms with Gasteiger partial charge in [-0.2, -0.15) is 10.2 Å². The Hall–Kier alpha value is -2.78. The average Bonchev–Trinajstić information content (AvgIpc) is 3.42. The Morgan fingerprint density at radius 2 is 2.24 bits per heavy atom. The van der Waals surface area contributed by atoms with E-state index >= 15 is 0 Å². The van der Waals surface area contributed by atoms with Crippen molar-refractivity contribution in [1.82, 2.24) is 29.8 Å². The van der Waals surface area contributed by atoms with Crippen molar-refractivity contribution < 1.29 is 4.74 Å². The molecule has 9 heteroatoms. The van der Waals surface area contributed by atoms with Crippen molar-refractivity contribution in [3.63, 3.8) is 0 Å². The van der Waals surface area contributed by atoms with E-state index in [-0.39, 0.29) is 12.0 Å². The van der Waals surface area contributed by atoms with Crippen LogP contribution < -0.4 is 10.5 Å². The summed E-state index contributed by atoms with van der Waals surface area (Å²) in [5.41, 5.74) is 12.0. The average molecular weight is 410 g/mol. The summed E-state index contributed by atoms with van der Waals surface area (Å²) in [6.07, 6.45) is 6.31. The number of aryl methyl sites for hydroxylation is 1. The van der Waals surface area contributed by atoms with E-state index in [1.807, 2.05) is 12.3 Å². The molecule has 0 amide bonds. The second-order valence-electron chi connectivity index (χ2n) is 7.73. The van der Waals surface area contributed by atoms with Crippen LogP contribution in [0.4, 0.5) is 0 Å². The van der Waals surface area contributed by atoms with Gasteiger partial charge in [-0.25, -0.2) is 14.5 Å². The van der Waals surface area contributed by atoms with Gasteiger partial charge >= 0.3 is 0 Å². The minimum atomic E-state index is 0.233. The Bertz CT molecular complexity index is 1190. The third kappa shape index (κ3) is 3.01. The molecule has 0 fully saturated rings. The maximum absolute atomic E-state index is 6.15. The van der Waals surface area contributed by atoms with Gasteiger partial charge in [-0.15, -0.1) is 11.3 Å². The van der Waals surface area contributed by atoms with Crippen molar-refractivity contribution in [1.29, 1.82) is 0 Å². The highest BCUT2D eigenvalue weighted by atomic mass is 32.1. The van der Waals surface area contributed by atoms with E-state index in [2.05, 4.69) is 34.1 Å². The van der Waals surface area contributed by atoms with Gasteiger partial charge in [0.2, 0.25) is 0 Å². The molecule has 4 heterocycles. The van der Waals surface area contributed by atoms with Gasteiger partial charge in [0, 0.05) is 28.2 Å². The van der Waals surface area contributed by atoms with Gasteiger partial charge in [0.1, 0.15) is 17.0 Å². The number of rotatable bonds is 4. The van der Waals surface area contributed by atoms with E-state index in [1.54, 1.807) is 23.0 Å². The lowest BCUT2D eigenvalue weighted by Crippen LogP contribution is -2.26. The molecule has 150 valence electrons. The number of fused-ring (bicyclic) bond motifs is 2. The number of nitrogens with two attached hydrogens (primary N) is 1. The lowest BCUT2D eigenvalue weighted by molar-refractivity contribution is 0.416. The van der Waals surface area contributed by atoms with Crippen LogP contribution in [0.1, 0.15) is 42.3 Å². The third-order valence-electron chi connectivity index (χ3n) is 5.41. The number of nitrogens with one attached hydrogen (secondary N) is 1. The highest BCUT2D eigenvalue weighted by molar-refractivity contribution is 7.15. The van der Waals surface area contributed by atoms with Gasteiger partial charge in [0.05, 0.1) is 18.5 Å². The van der Waals surface area contributed by atoms with Crippen LogP contribution in [0.3, 0.4) is 0 Å². The number of nitrogens with zero attached hydrogens (tertiary/aromatic N) is 5. The Labute approximate surface area is 172 Å². The first-order valence-corrected chi connectivity index (χ1v) is 10.6. The SMILES string of the molecule is COc1cc(-c2[nH]nc(-c3nc4c(s3)CC(N)CC4)c2C(C)C)cn2ncnc12. The minimum absolute atomic E-state index is 0.233. The second kappa shape index (κ2) is 6.93. The summed E-state index contributed by atoms with van der Waals surface area (Å²) in [5, 5.41) is 13.2. The Balaban J connectivity index is 1.64. The fraction of sp³-hybridized carbons (Fsp3) is 0.400. The molecule has 1 aliphatic rings. The first-order chi connectivity index (χ1) is 14.0. The summed E-state index contributed by atoms with van der Waals surface area (Å²) in [5.74, 6) is 0.934. The lowest BCUT2D eigenvalue weighted by Gasteiger charge is -2.15. The Morgan fingerprint density at radius 3 is 3.03 bits per heavy atom. The molecule has 29 heavy (non-hydrogen) atoms. The van der Waals surface area contributed by atoms with E-state index in [4.69, 9.17) is 15.5 Å². The molecule has 8 nitrogen and oxygen atoms in total. The van der Waals surface area contributed by atoms with Gasteiger partial charge in [-0.1, -0.05) is 13.8 Å². The smallest absolute Gasteiger partial charge is 0.197 e. The number of H-pyrrole nitrogens is 1. The fourth-order valence-electron chi connectivity index (χ4n) is 3.98. The van der Waals surface area contributed by atoms with Crippen molar-refractivity contribution in [3.8, 4) is 27.7 Å². The van der Waals surface area contributed by atoms with Crippen LogP contribution in [0.2, 0.25) is 0 Å². The van der Waals surface area contributed by atoms with E-state index in [0.29, 0.717) is 11.4 Å². The lowest BCUT2D eigenvalue weighted by atomic mass is 9.97. The molecule has 0 aliphatic heterocycles. The minimum Gasteiger partial charge on any atom is -0.493 e. The first-order valence-electron chi connectivity index (χ1n) is 9.75. The molecule has 4 aromatic rings. The molecule has 0 spiro atoms. The van der Waals surface area contributed by atoms with Crippen LogP contribution in [0.15, 0.2) is 18.6 Å². The van der Waals surface area contributed by atoms with Gasteiger partial charge in [-0.3, -0.25) is 5.10 Å². The van der Waals surface area contributed by atoms with E-state index < -0.39 is 0 Å². The van der Waals surface area contributed by atoms with Crippen LogP contribution in [0.5, 0.6) is 5.75 Å². The number of aromatic nitrogens is 6. The molecule has 0 saturated heterocycles. The number of methoxy groups -OCH3 is 1. The predicted molar refractivity (Wildman–Crippen MR) is 112 cm³/mol. The quantitative estimate of drug-likeness (QED) is 0.536. The van der Waals surface area contributed by atoms with Crippen LogP contribution in [-0.4, -0.2) is 42.9 Å². The summed E-state index contributed by atoms with van der Waals surface area (Å²) in [4.78, 5) is 10.5. The fourth-order valence-corrected chi connectivity index (χ4v) is 5.18. The normalized spacial score (nSPS) is 16.5. The summed E-state index contributed by atoms with van der Waals surface area (Å²) in [7, 11) is 1.64. The number of hydrogen-bond donors (Lipinski definition) is 2. The summed E-state index contributed by atoms with van der Waals surface area (Å²) in [6, 6.07) is 2.20. The predicted octanol–water partition coefficient (Wildman–Crippen LogP) is 3.19. The molecule has 0 saturated carbocycles. The highest BCUT2D eigenvalue weighted by Crippen LogP contribution is 2.40. The molecular weight excluding hydrogens is 386 g/mol. The zero-order valence-electron chi connectivity index (χ0n) is 16.6. The number of aromatic amines is 1. The molecule has 4 aromatic heterocycles. The van der Waals surface area contributed by atoms with Crippen LogP contribution in [0, 0.1) is 0 Å². The van der Waals surface area contributed by atoms with Gasteiger partial charge in [0.15, 0.2) is 11.4 Å². The number of ether oxygens (including phenoxy) is 1. The van der Waals surface area contributed by atoms with Crippen LogP contribution in [0.25, 0.3) is 27.6 Å². The number of thiazole rings is 1. The maximum Gasteiger partial charge on any atom is 0.197 e. The summed E-state index contributed by atoms with van der Waals surface area (Å²) in [6.45, 7) is 4.35. The number of hydrogen-bond acceptors (Lipinski definition) is 7. The van der Waals surface area contributed by atoms with Crippen LogP contribution >= 0.6 is 11.3 Å². The molecular formula is C20H23N7OS. The molecule has 0 bridgehead atoms. The highest BCUT2D eigenvalue weighted by Gasteiger charge is 2.26. The molecule has 0 aromatic carbocycles. The third-order valence-corrected chi connectivity index (χ3v) is 6.54. The van der Waals surface area contributed by atoms with Crippen LogP contribution in [-0.2, 0) is 12.8 Å². The largest absolute Gasteiger partial charge is 0.493 e. The molecule has 5 rings (SSSR count). The summed E-state index contributed by atoms with van der Waals surface area (Å²) >= 11 is 1.72. The standard InChI is InChI=1S/C20H23N7OS/c1-10(2)16-17(11-6-14(28-3)19-22-9-23-27(19)8-11)25-26-18(16)20-24-13-5-4-12(21)7-15(13)29-20/h6,8-10,12H,4-5,7,21H2,1-3H3,(H,25,26). The van der Waals surface area contributed by atoms with Gasteiger partial charge < -0.3 is 10.5 Å². The Kier molecular flexibility index (Phi) is 4.36. The van der Waals surface area contributed by atoms with E-state index in [9.17, 15) is 0 Å². The molecule has 0 radical (unpaired) electrons. The van der Waals surface area contributed by atoms with E-state index in [1.165, 1.54) is 16.9 Å². The monoisotopic (exact) mass is 409 g/mol. The zero-order chi connectivity index (χ0) is 20.1. The molecule has 1 atom stereocenters. The second-order valence-corrected chi connectivity index (χ2v) is 8.82.